The van der Waals surface area contributed by atoms with Gasteiger partial charge in [-0.1, -0.05) is 0 Å². The molecule has 3 N–H and O–H groups in total. The molecule has 9 heavy (non-hydrogen) atoms. The average Bonchev–Trinajstić information content (AvgIpc) is 0.722. The van der Waals surface area contributed by atoms with Gasteiger partial charge in [-0.2, -0.15) is 0 Å². The van der Waals surface area contributed by atoms with Gasteiger partial charge in [0, 0.05) is 0 Å². The zero-order valence-electron chi connectivity index (χ0n) is 2.20. The van der Waals surface area contributed by atoms with E-state index in [-0.39, 0.29) is 142 Å². The second-order valence-electron chi connectivity index (χ2n) is 0.513. The van der Waals surface area contributed by atoms with E-state index >= 15 is 0 Å². The first kappa shape index (κ1) is 29.2. The zero-order valence-corrected chi connectivity index (χ0v) is 3.09. The molecule has 9 heteroatoms. The second kappa shape index (κ2) is 15.3. The number of rotatable bonds is 0. The molecule has 0 amide bonds. The molecule has 0 radical (unpaired) electrons. The molecular weight excluding hydrogens is 221 g/mol. The Labute approximate surface area is 164 Å². The topological polar surface area (TPSA) is 77.8 Å². The molecule has 0 aliphatic rings. The molecule has 0 aliphatic heterocycles. The Morgan fingerprint density at radius 3 is 1.11 bits per heavy atom. The molecular formula is H9CaKMgNaO4P. The summed E-state index contributed by atoms with van der Waals surface area (Å²) in [7, 11) is -4.64. The molecule has 0 atom stereocenters. The number of hydrogen-bond donors (Lipinski definition) is 3. The second-order valence-corrected chi connectivity index (χ2v) is 1.54. The summed E-state index contributed by atoms with van der Waals surface area (Å²) < 4.78 is 8.88. The van der Waals surface area contributed by atoms with Crippen molar-refractivity contribution in [1.29, 1.82) is 0 Å². The van der Waals surface area contributed by atoms with Crippen molar-refractivity contribution < 1.29 is 19.2 Å². The van der Waals surface area contributed by atoms with Gasteiger partial charge in [-0.15, -0.1) is 0 Å². The monoisotopic (exact) mass is 230 g/mol. The third-order valence-corrected chi connectivity index (χ3v) is 0. The minimum atomic E-state index is -4.64. The minimum absolute atomic E-state index is 0. The summed E-state index contributed by atoms with van der Waals surface area (Å²) in [4.78, 5) is 21.6. The molecule has 0 bridgehead atoms. The Morgan fingerprint density at radius 2 is 1.11 bits per heavy atom. The zero-order chi connectivity index (χ0) is 4.50. The molecule has 0 aromatic heterocycles. The van der Waals surface area contributed by atoms with Crippen LogP contribution in [0.5, 0.6) is 0 Å². The third-order valence-electron chi connectivity index (χ3n) is 0. The third kappa shape index (κ3) is 65.1. The van der Waals surface area contributed by atoms with Crippen molar-refractivity contribution in [3.05, 3.63) is 0 Å². The van der Waals surface area contributed by atoms with E-state index in [9.17, 15) is 0 Å². The van der Waals surface area contributed by atoms with Crippen LogP contribution in [-0.4, -0.2) is 156 Å². The van der Waals surface area contributed by atoms with Gasteiger partial charge in [0.1, 0.15) is 0 Å². The molecule has 4 nitrogen and oxygen atoms in total. The van der Waals surface area contributed by atoms with Gasteiger partial charge in [-0.3, -0.25) is 0 Å². The summed E-state index contributed by atoms with van der Waals surface area (Å²) in [5.74, 6) is 0. The Kier molecular flexibility index (Phi) is 49.5. The molecule has 0 heterocycles. The normalized spacial score (nSPS) is 6.56. The molecule has 0 rings (SSSR count). The summed E-state index contributed by atoms with van der Waals surface area (Å²) in [6, 6.07) is 0. The Morgan fingerprint density at radius 1 is 1.11 bits per heavy atom. The number of hydrogen-bond acceptors (Lipinski definition) is 1. The molecule has 0 spiro atoms. The predicted molar refractivity (Wildman–Crippen MR) is 45.6 cm³/mol. The first-order valence-electron chi connectivity index (χ1n) is 0.783. The van der Waals surface area contributed by atoms with Crippen molar-refractivity contribution in [2.24, 2.45) is 0 Å². The van der Waals surface area contributed by atoms with E-state index in [4.69, 9.17) is 19.2 Å². The van der Waals surface area contributed by atoms with Crippen molar-refractivity contribution in [2.75, 3.05) is 0 Å². The number of phosphoric acid groups is 1. The van der Waals surface area contributed by atoms with Gasteiger partial charge in [0.05, 0.1) is 0 Å². The van der Waals surface area contributed by atoms with E-state index in [0.29, 0.717) is 0 Å². The van der Waals surface area contributed by atoms with Crippen LogP contribution in [0.4, 0.5) is 0 Å². The Balaban J connectivity index is -0.0000000133. The maximum atomic E-state index is 8.88. The van der Waals surface area contributed by atoms with Gasteiger partial charge in [-0.25, -0.2) is 4.57 Å². The average molecular weight is 231 g/mol. The Bertz CT molecular complexity index is 66.7. The fourth-order valence-corrected chi connectivity index (χ4v) is 0. The van der Waals surface area contributed by atoms with Gasteiger partial charge in [-0.05, 0) is 0 Å². The van der Waals surface area contributed by atoms with Crippen LogP contribution in [0, 0.1) is 0 Å². The van der Waals surface area contributed by atoms with E-state index in [2.05, 4.69) is 0 Å². The van der Waals surface area contributed by atoms with Crippen molar-refractivity contribution in [1.82, 2.24) is 0 Å². The van der Waals surface area contributed by atoms with Crippen LogP contribution < -0.4 is 0 Å². The van der Waals surface area contributed by atoms with Crippen LogP contribution in [0.15, 0.2) is 0 Å². The van der Waals surface area contributed by atoms with Crippen LogP contribution >= 0.6 is 7.82 Å². The maximum absolute atomic E-state index is 8.88. The predicted octanol–water partition coefficient (Wildman–Crippen LogP) is -4.06. The Hall–Kier alpha value is 4.77. The first-order valence-corrected chi connectivity index (χ1v) is 2.35. The van der Waals surface area contributed by atoms with E-state index < -0.39 is 7.82 Å². The van der Waals surface area contributed by atoms with Gasteiger partial charge in [0.15, 0.2) is 0 Å². The first-order chi connectivity index (χ1) is 2.00. The molecule has 0 aliphatic carbocycles. The van der Waals surface area contributed by atoms with Gasteiger partial charge < -0.3 is 14.7 Å². The van der Waals surface area contributed by atoms with Crippen molar-refractivity contribution in [3.63, 3.8) is 0 Å². The van der Waals surface area contributed by atoms with E-state index in [1.54, 1.807) is 0 Å². The quantitative estimate of drug-likeness (QED) is 0.292. The van der Waals surface area contributed by atoms with Gasteiger partial charge in [0.25, 0.3) is 0 Å². The van der Waals surface area contributed by atoms with Crippen LogP contribution in [0.25, 0.3) is 0 Å². The SMILES string of the molecule is O=P(O)(O)O.[CaH2].[KH].[MgH2].[NaH]. The molecule has 0 saturated carbocycles. The standard InChI is InChI=1S/Ca.K.Mg.Na.H3O4P.6H/c;;;;1-5(2,3)4;;;;;;/h;;;;(H3,1,2,3,4);;;;;;. The summed E-state index contributed by atoms with van der Waals surface area (Å²) in [6.07, 6.45) is 0. The van der Waals surface area contributed by atoms with Crippen molar-refractivity contribution in [3.8, 4) is 0 Å². The van der Waals surface area contributed by atoms with Crippen molar-refractivity contribution in [2.45, 2.75) is 0 Å². The van der Waals surface area contributed by atoms with Crippen molar-refractivity contribution >= 4 is 150 Å². The van der Waals surface area contributed by atoms with Gasteiger partial charge >= 0.3 is 150 Å². The van der Waals surface area contributed by atoms with Crippen LogP contribution in [-0.2, 0) is 4.57 Å². The van der Waals surface area contributed by atoms with Crippen LogP contribution in [0.2, 0.25) is 0 Å². The fraction of sp³-hybridized carbons (Fsp3) is 0. The molecule has 0 aromatic rings. The van der Waals surface area contributed by atoms with E-state index in [0.717, 1.165) is 0 Å². The summed E-state index contributed by atoms with van der Waals surface area (Å²) in [5.41, 5.74) is 0. The van der Waals surface area contributed by atoms with E-state index in [1.165, 1.54) is 0 Å². The molecule has 0 saturated heterocycles. The van der Waals surface area contributed by atoms with Gasteiger partial charge in [0.2, 0.25) is 0 Å². The van der Waals surface area contributed by atoms with Crippen LogP contribution in [0.3, 0.4) is 0 Å². The molecule has 0 fully saturated rings. The summed E-state index contributed by atoms with van der Waals surface area (Å²) in [6.45, 7) is 0. The van der Waals surface area contributed by atoms with Crippen LogP contribution in [0.1, 0.15) is 0 Å². The molecule has 0 unspecified atom stereocenters. The summed E-state index contributed by atoms with van der Waals surface area (Å²) in [5, 5.41) is 0. The fourth-order valence-electron chi connectivity index (χ4n) is 0. The molecule has 44 valence electrons. The molecule has 0 aromatic carbocycles. The summed E-state index contributed by atoms with van der Waals surface area (Å²) >= 11 is 0. The van der Waals surface area contributed by atoms with E-state index in [1.807, 2.05) is 0 Å².